The number of nitrogens with one attached hydrogen (secondary N) is 1. The molecule has 1 saturated carbocycles. The van der Waals surface area contributed by atoms with Gasteiger partial charge >= 0.3 is 0 Å². The summed E-state index contributed by atoms with van der Waals surface area (Å²) >= 11 is 1.89. The molecule has 1 aromatic heterocycles. The van der Waals surface area contributed by atoms with Gasteiger partial charge in [-0.3, -0.25) is 9.98 Å². The van der Waals surface area contributed by atoms with E-state index in [2.05, 4.69) is 21.4 Å². The zero-order chi connectivity index (χ0) is 12.2. The minimum atomic E-state index is 0.674. The lowest BCUT2D eigenvalue weighted by atomic mass is 9.86. The van der Waals surface area contributed by atoms with E-state index in [1.165, 1.54) is 37.0 Å². The monoisotopic (exact) mass is 261 g/mol. The Balaban J connectivity index is 1.60. The zero-order valence-electron chi connectivity index (χ0n) is 10.5. The quantitative estimate of drug-likeness (QED) is 0.889. The van der Waals surface area contributed by atoms with Gasteiger partial charge in [0.25, 0.3) is 0 Å². The van der Waals surface area contributed by atoms with E-state index in [4.69, 9.17) is 0 Å². The van der Waals surface area contributed by atoms with Gasteiger partial charge in [0.05, 0.1) is 6.54 Å². The fraction of sp³-hybridized carbons (Fsp3) is 0.571. The van der Waals surface area contributed by atoms with Gasteiger partial charge in [-0.25, -0.2) is 0 Å². The van der Waals surface area contributed by atoms with Gasteiger partial charge in [-0.2, -0.15) is 0 Å². The highest BCUT2D eigenvalue weighted by Gasteiger charge is 2.29. The molecule has 96 valence electrons. The highest BCUT2D eigenvalue weighted by molar-refractivity contribution is 8.13. The number of aliphatic imine (C=N–C) groups is 1. The first-order valence-corrected chi connectivity index (χ1v) is 7.73. The third-order valence-corrected chi connectivity index (χ3v) is 4.90. The van der Waals surface area contributed by atoms with Crippen molar-refractivity contribution >= 4 is 16.9 Å². The number of rotatable bonds is 2. The SMILES string of the molecule is c1cncc(CN=C2NC3CCCCC3CS2)c1. The standard InChI is InChI=1S/C14H19N3S/c1-2-6-13-12(5-1)10-18-14(17-13)16-9-11-4-3-7-15-8-11/h3-4,7-8,12-13H,1-2,5-6,9-10H2,(H,16,17). The van der Waals surface area contributed by atoms with Crippen LogP contribution in [0.15, 0.2) is 29.5 Å². The highest BCUT2D eigenvalue weighted by Crippen LogP contribution is 2.31. The molecule has 1 aliphatic heterocycles. The molecule has 4 heteroatoms. The molecule has 2 atom stereocenters. The number of aromatic nitrogens is 1. The molecule has 1 saturated heterocycles. The van der Waals surface area contributed by atoms with Gasteiger partial charge in [0, 0.05) is 24.2 Å². The molecule has 1 aliphatic carbocycles. The van der Waals surface area contributed by atoms with Crippen molar-refractivity contribution in [2.75, 3.05) is 5.75 Å². The van der Waals surface area contributed by atoms with E-state index in [0.717, 1.165) is 17.6 Å². The first-order chi connectivity index (χ1) is 8.92. The molecule has 0 radical (unpaired) electrons. The van der Waals surface area contributed by atoms with Crippen LogP contribution in [0.2, 0.25) is 0 Å². The van der Waals surface area contributed by atoms with Crippen LogP contribution in [0.4, 0.5) is 0 Å². The summed E-state index contributed by atoms with van der Waals surface area (Å²) < 4.78 is 0. The van der Waals surface area contributed by atoms with Crippen LogP contribution in [-0.2, 0) is 6.54 Å². The van der Waals surface area contributed by atoms with Gasteiger partial charge in [-0.1, -0.05) is 30.7 Å². The lowest BCUT2D eigenvalue weighted by Crippen LogP contribution is -2.46. The van der Waals surface area contributed by atoms with Crippen molar-refractivity contribution < 1.29 is 0 Å². The molecule has 1 aromatic rings. The number of amidine groups is 1. The topological polar surface area (TPSA) is 37.3 Å². The van der Waals surface area contributed by atoms with Crippen molar-refractivity contribution in [3.05, 3.63) is 30.1 Å². The Bertz CT molecular complexity index is 418. The summed E-state index contributed by atoms with van der Waals surface area (Å²) in [6.45, 7) is 0.737. The van der Waals surface area contributed by atoms with E-state index in [-0.39, 0.29) is 0 Å². The molecule has 3 rings (SSSR count). The first-order valence-electron chi connectivity index (χ1n) is 6.74. The molecule has 1 N–H and O–H groups in total. The van der Waals surface area contributed by atoms with Gasteiger partial charge < -0.3 is 5.32 Å². The number of hydrogen-bond acceptors (Lipinski definition) is 3. The van der Waals surface area contributed by atoms with E-state index in [1.807, 2.05) is 24.0 Å². The lowest BCUT2D eigenvalue weighted by molar-refractivity contribution is 0.311. The Morgan fingerprint density at radius 2 is 2.33 bits per heavy atom. The number of nitrogens with zero attached hydrogens (tertiary/aromatic N) is 2. The molecule has 18 heavy (non-hydrogen) atoms. The second kappa shape index (κ2) is 5.74. The Kier molecular flexibility index (Phi) is 3.84. The van der Waals surface area contributed by atoms with E-state index in [1.54, 1.807) is 6.20 Å². The van der Waals surface area contributed by atoms with Crippen LogP contribution >= 0.6 is 11.8 Å². The maximum atomic E-state index is 4.67. The van der Waals surface area contributed by atoms with Crippen LogP contribution in [0.25, 0.3) is 0 Å². The molecule has 0 bridgehead atoms. The Morgan fingerprint density at radius 1 is 1.39 bits per heavy atom. The number of pyridine rings is 1. The normalized spacial score (nSPS) is 29.7. The molecule has 3 nitrogen and oxygen atoms in total. The fourth-order valence-corrected chi connectivity index (χ4v) is 3.89. The first kappa shape index (κ1) is 12.0. The van der Waals surface area contributed by atoms with Crippen LogP contribution in [0, 0.1) is 5.92 Å². The smallest absolute Gasteiger partial charge is 0.157 e. The van der Waals surface area contributed by atoms with Crippen LogP contribution in [0.5, 0.6) is 0 Å². The summed E-state index contributed by atoms with van der Waals surface area (Å²) in [5.41, 5.74) is 1.18. The van der Waals surface area contributed by atoms with Crippen LogP contribution in [0.1, 0.15) is 31.2 Å². The van der Waals surface area contributed by atoms with Gasteiger partial charge in [0.2, 0.25) is 0 Å². The average Bonchev–Trinajstić information content (AvgIpc) is 2.46. The molecule has 2 heterocycles. The molecule has 2 aliphatic rings. The third-order valence-electron chi connectivity index (χ3n) is 3.78. The third kappa shape index (κ3) is 2.86. The summed E-state index contributed by atoms with van der Waals surface area (Å²) in [5.74, 6) is 2.10. The van der Waals surface area contributed by atoms with E-state index >= 15 is 0 Å². The second-order valence-corrected chi connectivity index (χ2v) is 6.10. The molecule has 0 aromatic carbocycles. The minimum Gasteiger partial charge on any atom is -0.362 e. The van der Waals surface area contributed by atoms with Gasteiger partial charge in [-0.05, 0) is 30.4 Å². The average molecular weight is 261 g/mol. The molecule has 2 fully saturated rings. The largest absolute Gasteiger partial charge is 0.362 e. The zero-order valence-corrected chi connectivity index (χ0v) is 11.3. The predicted molar refractivity (Wildman–Crippen MR) is 76.7 cm³/mol. The summed E-state index contributed by atoms with van der Waals surface area (Å²) in [5, 5.41) is 4.75. The van der Waals surface area contributed by atoms with Crippen LogP contribution in [0.3, 0.4) is 0 Å². The van der Waals surface area contributed by atoms with Gasteiger partial charge in [0.15, 0.2) is 5.17 Å². The Hall–Kier alpha value is -1.03. The molecule has 0 spiro atoms. The summed E-state index contributed by atoms with van der Waals surface area (Å²) in [4.78, 5) is 8.79. The van der Waals surface area contributed by atoms with E-state index in [9.17, 15) is 0 Å². The number of thioether (sulfide) groups is 1. The van der Waals surface area contributed by atoms with E-state index in [0.29, 0.717) is 6.04 Å². The molecule has 2 unspecified atom stereocenters. The van der Waals surface area contributed by atoms with Crippen LogP contribution < -0.4 is 5.32 Å². The summed E-state index contributed by atoms with van der Waals surface area (Å²) in [7, 11) is 0. The maximum absolute atomic E-state index is 4.67. The van der Waals surface area contributed by atoms with Gasteiger partial charge in [-0.15, -0.1) is 0 Å². The minimum absolute atomic E-state index is 0.674. The van der Waals surface area contributed by atoms with Crippen molar-refractivity contribution in [3.8, 4) is 0 Å². The van der Waals surface area contributed by atoms with Crippen molar-refractivity contribution in [2.24, 2.45) is 10.9 Å². The molecular weight excluding hydrogens is 242 g/mol. The Morgan fingerprint density at radius 3 is 3.22 bits per heavy atom. The van der Waals surface area contributed by atoms with Gasteiger partial charge in [0.1, 0.15) is 0 Å². The van der Waals surface area contributed by atoms with Crippen LogP contribution in [-0.4, -0.2) is 21.9 Å². The molecular formula is C14H19N3S. The fourth-order valence-electron chi connectivity index (χ4n) is 2.73. The highest BCUT2D eigenvalue weighted by atomic mass is 32.2. The van der Waals surface area contributed by atoms with E-state index < -0.39 is 0 Å². The van der Waals surface area contributed by atoms with Crippen molar-refractivity contribution in [1.82, 2.24) is 10.3 Å². The summed E-state index contributed by atoms with van der Waals surface area (Å²) in [6.07, 6.45) is 9.18. The predicted octanol–water partition coefficient (Wildman–Crippen LogP) is 2.83. The number of hydrogen-bond donors (Lipinski definition) is 1. The summed E-state index contributed by atoms with van der Waals surface area (Å²) in [6, 6.07) is 4.72. The lowest BCUT2D eigenvalue weighted by Gasteiger charge is -2.36. The van der Waals surface area contributed by atoms with Crippen molar-refractivity contribution in [3.63, 3.8) is 0 Å². The number of fused-ring (bicyclic) bond motifs is 1. The second-order valence-electron chi connectivity index (χ2n) is 5.09. The van der Waals surface area contributed by atoms with Crippen molar-refractivity contribution in [2.45, 2.75) is 38.3 Å². The maximum Gasteiger partial charge on any atom is 0.157 e. The molecule has 0 amide bonds. The van der Waals surface area contributed by atoms with Crippen molar-refractivity contribution in [1.29, 1.82) is 0 Å². The Labute approximate surface area is 112 Å².